The van der Waals surface area contributed by atoms with Crippen molar-refractivity contribution < 1.29 is 9.59 Å². The quantitative estimate of drug-likeness (QED) is 0.313. The summed E-state index contributed by atoms with van der Waals surface area (Å²) < 4.78 is 0. The molecule has 1 aliphatic heterocycles. The normalized spacial score (nSPS) is 36.4. The minimum absolute atomic E-state index is 0.173. The van der Waals surface area contributed by atoms with Crippen molar-refractivity contribution in [1.82, 2.24) is 9.80 Å². The van der Waals surface area contributed by atoms with E-state index in [4.69, 9.17) is 11.6 Å². The Balaban J connectivity index is 1.37. The predicted octanol–water partition coefficient (Wildman–Crippen LogP) is 7.98. The van der Waals surface area contributed by atoms with Crippen LogP contribution < -0.4 is 0 Å². The first-order valence-electron chi connectivity index (χ1n) is 15.5. The number of carbonyl (C=O) groups excluding carboxylic acids is 2. The van der Waals surface area contributed by atoms with E-state index in [1.807, 2.05) is 31.3 Å². The van der Waals surface area contributed by atoms with Crippen molar-refractivity contribution >= 4 is 23.4 Å². The molecule has 1 saturated heterocycles. The highest BCUT2D eigenvalue weighted by atomic mass is 35.5. The van der Waals surface area contributed by atoms with E-state index in [9.17, 15) is 9.59 Å². The highest BCUT2D eigenvalue weighted by Crippen LogP contribution is 2.65. The highest BCUT2D eigenvalue weighted by Gasteiger charge is 2.62. The van der Waals surface area contributed by atoms with Gasteiger partial charge < -0.3 is 9.80 Å². The molecule has 3 aliphatic carbocycles. The zero-order chi connectivity index (χ0) is 27.1. The Morgan fingerprint density at radius 3 is 2.39 bits per heavy atom. The van der Waals surface area contributed by atoms with Crippen LogP contribution in [-0.2, 0) is 4.79 Å². The topological polar surface area (TPSA) is 40.6 Å². The van der Waals surface area contributed by atoms with Crippen LogP contribution in [-0.4, -0.2) is 47.3 Å². The second-order valence-corrected chi connectivity index (χ2v) is 14.0. The Morgan fingerprint density at radius 1 is 0.947 bits per heavy atom. The third-order valence-electron chi connectivity index (χ3n) is 11.7. The Bertz CT molecular complexity index is 1010. The van der Waals surface area contributed by atoms with Gasteiger partial charge in [-0.05, 0) is 104 Å². The number of halogens is 1. The molecule has 1 aromatic rings. The van der Waals surface area contributed by atoms with Crippen molar-refractivity contribution in [3.8, 4) is 0 Å². The standard InChI is InChI=1S/C33H49ClN2O2/c1-5-6-7-8-9-22-36(31(38)23-10-12-24(34)13-11-23)29-17-15-26-25-14-16-28-32(2,21-19-30(37)35(28)4)27(25)18-20-33(26,29)3/h10-13,25-29H,5-9,14-22H2,1-4H3/t25-,26-,27-,28+,29-,32+,33-/m0/s1. The summed E-state index contributed by atoms with van der Waals surface area (Å²) >= 11 is 6.16. The third kappa shape index (κ3) is 4.82. The maximum atomic E-state index is 14.0. The summed E-state index contributed by atoms with van der Waals surface area (Å²) in [5.74, 6) is 2.62. The van der Waals surface area contributed by atoms with Gasteiger partial charge in [-0.1, -0.05) is 58.1 Å². The van der Waals surface area contributed by atoms with Gasteiger partial charge in [-0.3, -0.25) is 9.59 Å². The molecule has 0 N–H and O–H groups in total. The minimum Gasteiger partial charge on any atom is -0.342 e. The fourth-order valence-electron chi connectivity index (χ4n) is 9.68. The second kappa shape index (κ2) is 11.1. The number of benzene rings is 1. The number of unbranched alkanes of at least 4 members (excludes halogenated alkanes) is 4. The number of piperidine rings is 1. The van der Waals surface area contributed by atoms with E-state index in [-0.39, 0.29) is 16.7 Å². The lowest BCUT2D eigenvalue weighted by atomic mass is 9.47. The molecule has 210 valence electrons. The van der Waals surface area contributed by atoms with Crippen molar-refractivity contribution in [2.24, 2.45) is 28.6 Å². The Morgan fingerprint density at radius 2 is 1.66 bits per heavy atom. The van der Waals surface area contributed by atoms with Crippen LogP contribution in [0, 0.1) is 28.6 Å². The van der Waals surface area contributed by atoms with Gasteiger partial charge in [0.25, 0.3) is 5.91 Å². The van der Waals surface area contributed by atoms with Crippen molar-refractivity contribution in [3.05, 3.63) is 34.9 Å². The van der Waals surface area contributed by atoms with Gasteiger partial charge >= 0.3 is 0 Å². The first-order valence-corrected chi connectivity index (χ1v) is 15.9. The number of amides is 2. The third-order valence-corrected chi connectivity index (χ3v) is 12.0. The summed E-state index contributed by atoms with van der Waals surface area (Å²) in [4.78, 5) is 30.9. The second-order valence-electron chi connectivity index (χ2n) is 13.5. The average molecular weight is 541 g/mol. The molecule has 5 heteroatoms. The van der Waals surface area contributed by atoms with Crippen molar-refractivity contribution in [2.45, 2.75) is 116 Å². The summed E-state index contributed by atoms with van der Waals surface area (Å²) in [7, 11) is 2.05. The number of hydrogen-bond donors (Lipinski definition) is 0. The van der Waals surface area contributed by atoms with Crippen LogP contribution in [0.25, 0.3) is 0 Å². The van der Waals surface area contributed by atoms with E-state index in [1.165, 1.54) is 51.4 Å². The molecule has 1 aromatic carbocycles. The molecule has 0 aromatic heterocycles. The zero-order valence-electron chi connectivity index (χ0n) is 24.2. The maximum Gasteiger partial charge on any atom is 0.254 e. The molecule has 38 heavy (non-hydrogen) atoms. The van der Waals surface area contributed by atoms with E-state index in [0.29, 0.717) is 41.3 Å². The molecule has 1 heterocycles. The number of carbonyl (C=O) groups is 2. The van der Waals surface area contributed by atoms with E-state index in [1.54, 1.807) is 0 Å². The molecule has 4 nitrogen and oxygen atoms in total. The fraction of sp³-hybridized carbons (Fsp3) is 0.758. The van der Waals surface area contributed by atoms with E-state index in [0.717, 1.165) is 43.7 Å². The van der Waals surface area contributed by atoms with Crippen LogP contribution in [0.4, 0.5) is 0 Å². The molecule has 0 spiro atoms. The van der Waals surface area contributed by atoms with Gasteiger partial charge in [-0.25, -0.2) is 0 Å². The first kappa shape index (κ1) is 28.0. The van der Waals surface area contributed by atoms with Gasteiger partial charge in [-0.2, -0.15) is 0 Å². The predicted molar refractivity (Wildman–Crippen MR) is 155 cm³/mol. The van der Waals surface area contributed by atoms with E-state index in [2.05, 4.69) is 30.6 Å². The smallest absolute Gasteiger partial charge is 0.254 e. The first-order chi connectivity index (χ1) is 18.2. The molecular formula is C33H49ClN2O2. The average Bonchev–Trinajstić information content (AvgIpc) is 3.26. The zero-order valence-corrected chi connectivity index (χ0v) is 24.9. The van der Waals surface area contributed by atoms with Crippen LogP contribution in [0.2, 0.25) is 5.02 Å². The van der Waals surface area contributed by atoms with Crippen molar-refractivity contribution in [2.75, 3.05) is 13.6 Å². The number of rotatable bonds is 8. The molecule has 4 fully saturated rings. The number of nitrogens with zero attached hydrogens (tertiary/aromatic N) is 2. The molecule has 4 aliphatic rings. The lowest BCUT2D eigenvalue weighted by molar-refractivity contribution is -0.158. The number of hydrogen-bond acceptors (Lipinski definition) is 2. The lowest BCUT2D eigenvalue weighted by Gasteiger charge is -2.62. The molecule has 0 bridgehead atoms. The Labute approximate surface area is 235 Å². The van der Waals surface area contributed by atoms with Gasteiger partial charge in [0.15, 0.2) is 0 Å². The molecular weight excluding hydrogens is 492 g/mol. The van der Waals surface area contributed by atoms with Crippen LogP contribution in [0.15, 0.2) is 24.3 Å². The van der Waals surface area contributed by atoms with Crippen molar-refractivity contribution in [1.29, 1.82) is 0 Å². The fourth-order valence-corrected chi connectivity index (χ4v) is 9.80. The van der Waals surface area contributed by atoms with Gasteiger partial charge in [0, 0.05) is 42.7 Å². The summed E-state index contributed by atoms with van der Waals surface area (Å²) in [6.07, 6.45) is 15.0. The molecule has 5 rings (SSSR count). The van der Waals surface area contributed by atoms with Gasteiger partial charge in [0.1, 0.15) is 0 Å². The maximum absolute atomic E-state index is 14.0. The van der Waals surface area contributed by atoms with Crippen LogP contribution in [0.1, 0.15) is 115 Å². The number of fused-ring (bicyclic) bond motifs is 5. The Hall–Kier alpha value is -1.55. The monoisotopic (exact) mass is 540 g/mol. The van der Waals surface area contributed by atoms with Gasteiger partial charge in [-0.15, -0.1) is 0 Å². The van der Waals surface area contributed by atoms with E-state index >= 15 is 0 Å². The van der Waals surface area contributed by atoms with Gasteiger partial charge in [0.2, 0.25) is 5.91 Å². The highest BCUT2D eigenvalue weighted by molar-refractivity contribution is 6.30. The summed E-state index contributed by atoms with van der Waals surface area (Å²) in [6, 6.07) is 8.22. The van der Waals surface area contributed by atoms with Crippen LogP contribution in [0.3, 0.4) is 0 Å². The molecule has 0 unspecified atom stereocenters. The van der Waals surface area contributed by atoms with Crippen LogP contribution in [0.5, 0.6) is 0 Å². The number of likely N-dealkylation sites (tertiary alicyclic amines) is 1. The van der Waals surface area contributed by atoms with Crippen molar-refractivity contribution in [3.63, 3.8) is 0 Å². The van der Waals surface area contributed by atoms with E-state index < -0.39 is 0 Å². The molecule has 2 amide bonds. The summed E-state index contributed by atoms with van der Waals surface area (Å²) in [6.45, 7) is 8.14. The Kier molecular flexibility index (Phi) is 8.21. The molecule has 0 radical (unpaired) electrons. The minimum atomic E-state index is 0.173. The largest absolute Gasteiger partial charge is 0.342 e. The lowest BCUT2D eigenvalue weighted by Crippen LogP contribution is -2.62. The SMILES string of the molecule is CCCCCCCN(C(=O)c1ccc(Cl)cc1)[C@H]1CC[C@H]2[C@@H]3CC[C@H]4N(C)C(=O)CC[C@]4(C)[C@H]3CC[C@]12C. The summed E-state index contributed by atoms with van der Waals surface area (Å²) in [5, 5.41) is 0.679. The van der Waals surface area contributed by atoms with Gasteiger partial charge in [0.05, 0.1) is 0 Å². The molecule has 3 saturated carbocycles. The van der Waals surface area contributed by atoms with Crippen LogP contribution >= 0.6 is 11.6 Å². The molecule has 7 atom stereocenters. The summed E-state index contributed by atoms with van der Waals surface area (Å²) in [5.41, 5.74) is 1.18.